The van der Waals surface area contributed by atoms with Crippen LogP contribution in [0.3, 0.4) is 0 Å². The number of carbonyl (C=O) groups excluding carboxylic acids is 2. The van der Waals surface area contributed by atoms with Gasteiger partial charge in [-0.3, -0.25) is 4.79 Å². The van der Waals surface area contributed by atoms with Crippen LogP contribution in [0.5, 0.6) is 0 Å². The van der Waals surface area contributed by atoms with Gasteiger partial charge in [-0.05, 0) is 24.1 Å². The molecular weight excluding hydrogens is 246 g/mol. The van der Waals surface area contributed by atoms with E-state index in [4.69, 9.17) is 0 Å². The number of esters is 1. The summed E-state index contributed by atoms with van der Waals surface area (Å²) in [4.78, 5) is 22.4. The summed E-state index contributed by atoms with van der Waals surface area (Å²) in [5, 5.41) is 11.7. The molecule has 0 aliphatic rings. The highest BCUT2D eigenvalue weighted by molar-refractivity contribution is 5.92. The molecule has 0 aliphatic carbocycles. The molecule has 19 heavy (non-hydrogen) atoms. The molecule has 1 aromatic rings. The minimum absolute atomic E-state index is 0.177. The minimum Gasteiger partial charge on any atom is -0.467 e. The second kappa shape index (κ2) is 7.33. The average Bonchev–Trinajstić information content (AvgIpc) is 2.42. The number of rotatable bonds is 5. The van der Waals surface area contributed by atoms with Gasteiger partial charge in [0.05, 0.1) is 13.7 Å². The topological polar surface area (TPSA) is 75.6 Å². The molecule has 1 aromatic carbocycles. The first-order valence-corrected chi connectivity index (χ1v) is 5.82. The van der Waals surface area contributed by atoms with Crippen molar-refractivity contribution in [1.82, 2.24) is 5.32 Å². The van der Waals surface area contributed by atoms with Crippen molar-refractivity contribution < 1.29 is 19.4 Å². The summed E-state index contributed by atoms with van der Waals surface area (Å²) in [6.45, 7) is 1.77. The van der Waals surface area contributed by atoms with E-state index < -0.39 is 12.1 Å². The number of nitrogens with one attached hydrogen (secondary N) is 1. The van der Waals surface area contributed by atoms with Crippen LogP contribution in [0.15, 0.2) is 30.3 Å². The molecule has 0 bridgehead atoms. The van der Waals surface area contributed by atoms with Gasteiger partial charge < -0.3 is 15.2 Å². The normalized spacial score (nSPS) is 12.2. The molecule has 0 radical (unpaired) electrons. The van der Waals surface area contributed by atoms with Gasteiger partial charge in [0.15, 0.2) is 6.10 Å². The van der Waals surface area contributed by atoms with E-state index in [1.165, 1.54) is 13.2 Å². The zero-order valence-electron chi connectivity index (χ0n) is 10.9. The van der Waals surface area contributed by atoms with E-state index in [0.717, 1.165) is 11.1 Å². The van der Waals surface area contributed by atoms with Gasteiger partial charge in [-0.25, -0.2) is 4.79 Å². The van der Waals surface area contributed by atoms with E-state index in [1.54, 1.807) is 6.08 Å². The number of hydrogen-bond acceptors (Lipinski definition) is 4. The predicted molar refractivity (Wildman–Crippen MR) is 71.2 cm³/mol. The second-order valence-electron chi connectivity index (χ2n) is 3.97. The van der Waals surface area contributed by atoms with Crippen LogP contribution in [0.1, 0.15) is 11.1 Å². The molecule has 0 saturated heterocycles. The zero-order chi connectivity index (χ0) is 14.3. The first-order chi connectivity index (χ1) is 9.04. The number of amides is 1. The molecule has 2 N–H and O–H groups in total. The lowest BCUT2D eigenvalue weighted by molar-refractivity contribution is -0.150. The van der Waals surface area contributed by atoms with Gasteiger partial charge in [-0.15, -0.1) is 0 Å². The Balaban J connectivity index is 2.48. The maximum atomic E-state index is 11.5. The molecule has 0 fully saturated rings. The Kier molecular flexibility index (Phi) is 5.75. The molecule has 5 heteroatoms. The molecule has 1 rings (SSSR count). The molecule has 5 nitrogen and oxygen atoms in total. The molecule has 0 saturated carbocycles. The third-order valence-electron chi connectivity index (χ3n) is 2.55. The smallest absolute Gasteiger partial charge is 0.336 e. The van der Waals surface area contributed by atoms with Crippen molar-refractivity contribution in [3.05, 3.63) is 41.5 Å². The summed E-state index contributed by atoms with van der Waals surface area (Å²) in [6, 6.07) is 7.63. The largest absolute Gasteiger partial charge is 0.467 e. The third-order valence-corrected chi connectivity index (χ3v) is 2.55. The molecule has 102 valence electrons. The van der Waals surface area contributed by atoms with Crippen LogP contribution in [0.2, 0.25) is 0 Å². The van der Waals surface area contributed by atoms with Crippen LogP contribution < -0.4 is 5.32 Å². The average molecular weight is 263 g/mol. The molecule has 0 spiro atoms. The van der Waals surface area contributed by atoms with Crippen LogP contribution in [0, 0.1) is 6.92 Å². The van der Waals surface area contributed by atoms with Gasteiger partial charge in [-0.2, -0.15) is 0 Å². The standard InChI is InChI=1S/C14H17NO4/c1-10-5-3-4-6-11(10)7-8-13(17)15-9-12(16)14(18)19-2/h3-8,12,16H,9H2,1-2H3,(H,15,17)/b8-7+. The molecule has 1 unspecified atom stereocenters. The maximum absolute atomic E-state index is 11.5. The summed E-state index contributed by atoms with van der Waals surface area (Å²) in [6.07, 6.45) is 1.68. The van der Waals surface area contributed by atoms with E-state index in [0.29, 0.717) is 0 Å². The number of aryl methyl sites for hydroxylation is 1. The third kappa shape index (κ3) is 4.93. The first-order valence-electron chi connectivity index (χ1n) is 5.82. The van der Waals surface area contributed by atoms with E-state index in [1.807, 2.05) is 31.2 Å². The van der Waals surface area contributed by atoms with Gasteiger partial charge in [0, 0.05) is 6.08 Å². The lowest BCUT2D eigenvalue weighted by Crippen LogP contribution is -2.36. The predicted octanol–water partition coefficient (Wildman–Crippen LogP) is 0.658. The fourth-order valence-corrected chi connectivity index (χ4v) is 1.41. The van der Waals surface area contributed by atoms with Crippen molar-refractivity contribution in [2.45, 2.75) is 13.0 Å². The van der Waals surface area contributed by atoms with Crippen molar-refractivity contribution in [1.29, 1.82) is 0 Å². The summed E-state index contributed by atoms with van der Waals surface area (Å²) in [7, 11) is 1.17. The first kappa shape index (κ1) is 14.9. The van der Waals surface area contributed by atoms with E-state index in [2.05, 4.69) is 10.1 Å². The molecule has 0 aliphatic heterocycles. The molecule has 0 aromatic heterocycles. The van der Waals surface area contributed by atoms with Gasteiger partial charge in [0.25, 0.3) is 0 Å². The van der Waals surface area contributed by atoms with Crippen molar-refractivity contribution in [2.75, 3.05) is 13.7 Å². The molecule has 1 atom stereocenters. The van der Waals surface area contributed by atoms with Gasteiger partial charge in [-0.1, -0.05) is 24.3 Å². The van der Waals surface area contributed by atoms with Crippen molar-refractivity contribution in [3.63, 3.8) is 0 Å². The number of methoxy groups -OCH3 is 1. The summed E-state index contributed by atoms with van der Waals surface area (Å²) >= 11 is 0. The Morgan fingerprint density at radius 2 is 2.11 bits per heavy atom. The quantitative estimate of drug-likeness (QED) is 0.604. The summed E-state index contributed by atoms with van der Waals surface area (Å²) < 4.78 is 4.33. The van der Waals surface area contributed by atoms with Crippen molar-refractivity contribution in [3.8, 4) is 0 Å². The number of aliphatic hydroxyl groups is 1. The van der Waals surface area contributed by atoms with E-state index in [9.17, 15) is 14.7 Å². The highest BCUT2D eigenvalue weighted by Crippen LogP contribution is 2.08. The second-order valence-corrected chi connectivity index (χ2v) is 3.97. The fourth-order valence-electron chi connectivity index (χ4n) is 1.41. The van der Waals surface area contributed by atoms with Gasteiger partial charge >= 0.3 is 5.97 Å². The van der Waals surface area contributed by atoms with Crippen molar-refractivity contribution >= 4 is 18.0 Å². The Labute approximate surface area is 111 Å². The molecular formula is C14H17NO4. The van der Waals surface area contributed by atoms with Gasteiger partial charge in [0.2, 0.25) is 5.91 Å². The summed E-state index contributed by atoms with van der Waals surface area (Å²) in [5.41, 5.74) is 1.99. The van der Waals surface area contributed by atoms with Crippen LogP contribution >= 0.6 is 0 Å². The highest BCUT2D eigenvalue weighted by atomic mass is 16.5. The van der Waals surface area contributed by atoms with Crippen LogP contribution in [0.25, 0.3) is 6.08 Å². The lowest BCUT2D eigenvalue weighted by Gasteiger charge is -2.08. The van der Waals surface area contributed by atoms with Crippen molar-refractivity contribution in [2.24, 2.45) is 0 Å². The molecule has 1 amide bonds. The Morgan fingerprint density at radius 3 is 2.74 bits per heavy atom. The van der Waals surface area contributed by atoms with Crippen LogP contribution in [-0.2, 0) is 14.3 Å². The maximum Gasteiger partial charge on any atom is 0.336 e. The SMILES string of the molecule is COC(=O)C(O)CNC(=O)/C=C/c1ccccc1C. The van der Waals surface area contributed by atoms with Gasteiger partial charge in [0.1, 0.15) is 0 Å². The number of benzene rings is 1. The van der Waals surface area contributed by atoms with E-state index in [-0.39, 0.29) is 12.5 Å². The number of ether oxygens (including phenoxy) is 1. The Bertz CT molecular complexity index is 482. The highest BCUT2D eigenvalue weighted by Gasteiger charge is 2.15. The monoisotopic (exact) mass is 263 g/mol. The minimum atomic E-state index is -1.35. The molecule has 0 heterocycles. The fraction of sp³-hybridized carbons (Fsp3) is 0.286. The number of carbonyl (C=O) groups is 2. The number of aliphatic hydroxyl groups excluding tert-OH is 1. The summed E-state index contributed by atoms with van der Waals surface area (Å²) in [5.74, 6) is -1.16. The van der Waals surface area contributed by atoms with E-state index >= 15 is 0 Å². The lowest BCUT2D eigenvalue weighted by atomic mass is 10.1. The number of hydrogen-bond donors (Lipinski definition) is 2. The van der Waals surface area contributed by atoms with Crippen LogP contribution in [-0.4, -0.2) is 36.7 Å². The Hall–Kier alpha value is -2.14. The van der Waals surface area contributed by atoms with Crippen LogP contribution in [0.4, 0.5) is 0 Å². The zero-order valence-corrected chi connectivity index (χ0v) is 10.9. The Morgan fingerprint density at radius 1 is 1.42 bits per heavy atom.